The van der Waals surface area contributed by atoms with Crippen molar-refractivity contribution < 1.29 is 4.39 Å². The molecule has 0 spiro atoms. The van der Waals surface area contributed by atoms with Gasteiger partial charge in [-0.2, -0.15) is 0 Å². The number of hydrogen-bond donors (Lipinski definition) is 0. The van der Waals surface area contributed by atoms with Gasteiger partial charge in [-0.1, -0.05) is 78.9 Å². The van der Waals surface area contributed by atoms with Gasteiger partial charge in [0.05, 0.1) is 22.1 Å². The lowest BCUT2D eigenvalue weighted by molar-refractivity contribution is 0.627. The highest BCUT2D eigenvalue weighted by atomic mass is 19.1. The summed E-state index contributed by atoms with van der Waals surface area (Å²) in [6, 6.07) is 58.3. The Morgan fingerprint density at radius 2 is 0.848 bits per heavy atom. The minimum absolute atomic E-state index is 0.246. The van der Waals surface area contributed by atoms with Gasteiger partial charge in [0.25, 0.3) is 0 Å². The molecule has 9 aromatic rings. The summed E-state index contributed by atoms with van der Waals surface area (Å²) in [5.41, 5.74) is 9.72. The molecule has 46 heavy (non-hydrogen) atoms. The lowest BCUT2D eigenvalue weighted by Crippen LogP contribution is -2.10. The van der Waals surface area contributed by atoms with Crippen LogP contribution in [0.15, 0.2) is 170 Å². The number of fused-ring (bicyclic) bond motifs is 6. The molecule has 0 saturated carbocycles. The Labute approximate surface area is 265 Å². The van der Waals surface area contributed by atoms with Gasteiger partial charge >= 0.3 is 0 Å². The molecule has 218 valence electrons. The molecule has 2 heterocycles. The number of benzene rings is 7. The van der Waals surface area contributed by atoms with Crippen molar-refractivity contribution in [3.8, 4) is 11.4 Å². The number of hydrogen-bond acceptors (Lipinski definition) is 1. The van der Waals surface area contributed by atoms with Crippen LogP contribution in [0, 0.1) is 5.82 Å². The molecule has 0 bridgehead atoms. The maximum absolute atomic E-state index is 14.0. The summed E-state index contributed by atoms with van der Waals surface area (Å²) in [6.45, 7) is 0. The third-order valence-electron chi connectivity index (χ3n) is 8.94. The number of halogens is 1. The van der Waals surface area contributed by atoms with E-state index in [4.69, 9.17) is 0 Å². The van der Waals surface area contributed by atoms with E-state index in [1.807, 2.05) is 18.2 Å². The SMILES string of the molecule is Fc1ccc(-n2c3ccccc3c3ccc(N(c4ccccc4)c4ccc5c(c4)c4ccccc4n5-c4ccccc4)cc32)cc1. The van der Waals surface area contributed by atoms with Gasteiger partial charge in [0.1, 0.15) is 5.82 Å². The number of rotatable bonds is 5. The van der Waals surface area contributed by atoms with E-state index in [0.717, 1.165) is 55.8 Å². The van der Waals surface area contributed by atoms with Crippen LogP contribution in [-0.2, 0) is 0 Å². The molecule has 9 rings (SSSR count). The van der Waals surface area contributed by atoms with Gasteiger partial charge in [0.2, 0.25) is 0 Å². The predicted octanol–water partition coefficient (Wildman–Crippen LogP) is 11.5. The first-order valence-corrected chi connectivity index (χ1v) is 15.5. The molecule has 0 amide bonds. The Kier molecular flexibility index (Phi) is 6.00. The lowest BCUT2D eigenvalue weighted by atomic mass is 10.1. The Bertz CT molecular complexity index is 2530. The van der Waals surface area contributed by atoms with Gasteiger partial charge in [0.15, 0.2) is 0 Å². The summed E-state index contributed by atoms with van der Waals surface area (Å²) >= 11 is 0. The fourth-order valence-electron chi connectivity index (χ4n) is 6.95. The van der Waals surface area contributed by atoms with Gasteiger partial charge in [0, 0.05) is 50.0 Å². The van der Waals surface area contributed by atoms with Gasteiger partial charge in [-0.05, 0) is 91.0 Å². The summed E-state index contributed by atoms with van der Waals surface area (Å²) in [7, 11) is 0. The maximum atomic E-state index is 14.0. The fourth-order valence-corrected chi connectivity index (χ4v) is 6.95. The van der Waals surface area contributed by atoms with Crippen LogP contribution < -0.4 is 4.90 Å². The zero-order chi connectivity index (χ0) is 30.6. The van der Waals surface area contributed by atoms with E-state index < -0.39 is 0 Å². The van der Waals surface area contributed by atoms with Gasteiger partial charge in [-0.3, -0.25) is 0 Å². The molecule has 0 N–H and O–H groups in total. The van der Waals surface area contributed by atoms with E-state index >= 15 is 0 Å². The minimum atomic E-state index is -0.246. The van der Waals surface area contributed by atoms with Crippen LogP contribution in [0.25, 0.3) is 55.0 Å². The van der Waals surface area contributed by atoms with Crippen molar-refractivity contribution in [1.82, 2.24) is 9.13 Å². The first kappa shape index (κ1) is 26.3. The summed E-state index contributed by atoms with van der Waals surface area (Å²) in [6.07, 6.45) is 0. The van der Waals surface area contributed by atoms with E-state index in [-0.39, 0.29) is 5.82 Å². The quantitative estimate of drug-likeness (QED) is 0.193. The standard InChI is InChI=1S/C42H28FN3/c43-29-19-21-32(22-20-29)46-39-17-9-7-15-35(39)37-25-23-34(28-42(37)46)44(30-11-3-1-4-12-30)33-24-26-41-38(27-33)36-16-8-10-18-40(36)45(41)31-13-5-2-6-14-31/h1-28H. The highest BCUT2D eigenvalue weighted by molar-refractivity contribution is 6.12. The molecule has 0 aliphatic rings. The normalized spacial score (nSPS) is 11.6. The molecule has 0 aliphatic heterocycles. The van der Waals surface area contributed by atoms with E-state index in [2.05, 4.69) is 154 Å². The molecule has 4 heteroatoms. The van der Waals surface area contributed by atoms with E-state index in [0.29, 0.717) is 0 Å². The third kappa shape index (κ3) is 4.11. The molecule has 7 aromatic carbocycles. The summed E-state index contributed by atoms with van der Waals surface area (Å²) < 4.78 is 18.6. The Morgan fingerprint density at radius 3 is 1.57 bits per heavy atom. The van der Waals surface area contributed by atoms with Crippen LogP contribution >= 0.6 is 0 Å². The predicted molar refractivity (Wildman–Crippen MR) is 190 cm³/mol. The number of aromatic nitrogens is 2. The molecule has 0 radical (unpaired) electrons. The number of nitrogens with zero attached hydrogens (tertiary/aromatic N) is 3. The van der Waals surface area contributed by atoms with E-state index in [9.17, 15) is 4.39 Å². The highest BCUT2D eigenvalue weighted by Crippen LogP contribution is 2.42. The molecule has 0 atom stereocenters. The van der Waals surface area contributed by atoms with Crippen LogP contribution in [0.3, 0.4) is 0 Å². The number of anilines is 3. The second kappa shape index (κ2) is 10.5. The summed E-state index contributed by atoms with van der Waals surface area (Å²) in [5, 5.41) is 4.72. The van der Waals surface area contributed by atoms with E-state index in [1.165, 1.54) is 28.4 Å². The Hall–Kier alpha value is -6.13. The van der Waals surface area contributed by atoms with Crippen molar-refractivity contribution in [2.45, 2.75) is 0 Å². The first-order chi connectivity index (χ1) is 22.7. The molecular weight excluding hydrogens is 565 g/mol. The minimum Gasteiger partial charge on any atom is -0.310 e. The second-order valence-electron chi connectivity index (χ2n) is 11.6. The average Bonchev–Trinajstić information content (AvgIpc) is 3.62. The van der Waals surface area contributed by atoms with Crippen LogP contribution in [0.5, 0.6) is 0 Å². The van der Waals surface area contributed by atoms with Gasteiger partial charge < -0.3 is 14.0 Å². The van der Waals surface area contributed by atoms with Crippen molar-refractivity contribution in [3.63, 3.8) is 0 Å². The molecule has 0 aliphatic carbocycles. The lowest BCUT2D eigenvalue weighted by Gasteiger charge is -2.26. The van der Waals surface area contributed by atoms with Crippen molar-refractivity contribution in [2.75, 3.05) is 4.90 Å². The van der Waals surface area contributed by atoms with Crippen LogP contribution in [0.1, 0.15) is 0 Å². The monoisotopic (exact) mass is 593 g/mol. The topological polar surface area (TPSA) is 13.1 Å². The molecule has 0 unspecified atom stereocenters. The van der Waals surface area contributed by atoms with Crippen LogP contribution in [0.4, 0.5) is 21.5 Å². The highest BCUT2D eigenvalue weighted by Gasteiger charge is 2.19. The van der Waals surface area contributed by atoms with Gasteiger partial charge in [-0.15, -0.1) is 0 Å². The largest absolute Gasteiger partial charge is 0.310 e. The molecule has 3 nitrogen and oxygen atoms in total. The zero-order valence-corrected chi connectivity index (χ0v) is 24.9. The third-order valence-corrected chi connectivity index (χ3v) is 8.94. The van der Waals surface area contributed by atoms with Gasteiger partial charge in [-0.25, -0.2) is 4.39 Å². The molecule has 2 aromatic heterocycles. The zero-order valence-electron chi connectivity index (χ0n) is 24.9. The van der Waals surface area contributed by atoms with Crippen LogP contribution in [0.2, 0.25) is 0 Å². The summed E-state index contributed by atoms with van der Waals surface area (Å²) in [4.78, 5) is 2.32. The van der Waals surface area contributed by atoms with Crippen molar-refractivity contribution in [1.29, 1.82) is 0 Å². The van der Waals surface area contributed by atoms with Crippen molar-refractivity contribution in [2.24, 2.45) is 0 Å². The van der Waals surface area contributed by atoms with Crippen LogP contribution in [-0.4, -0.2) is 9.13 Å². The Balaban J connectivity index is 1.29. The summed E-state index contributed by atoms with van der Waals surface area (Å²) in [5.74, 6) is -0.246. The molecular formula is C42H28FN3. The van der Waals surface area contributed by atoms with Crippen molar-refractivity contribution >= 4 is 60.7 Å². The second-order valence-corrected chi connectivity index (χ2v) is 11.6. The Morgan fingerprint density at radius 1 is 0.348 bits per heavy atom. The number of para-hydroxylation sites is 4. The van der Waals surface area contributed by atoms with Crippen molar-refractivity contribution in [3.05, 3.63) is 176 Å². The fraction of sp³-hybridized carbons (Fsp3) is 0. The maximum Gasteiger partial charge on any atom is 0.123 e. The smallest absolute Gasteiger partial charge is 0.123 e. The molecule has 0 saturated heterocycles. The molecule has 0 fully saturated rings. The van der Waals surface area contributed by atoms with E-state index in [1.54, 1.807) is 0 Å². The first-order valence-electron chi connectivity index (χ1n) is 15.5. The average molecular weight is 594 g/mol.